The predicted octanol–water partition coefficient (Wildman–Crippen LogP) is 3.54. The third-order valence-electron chi connectivity index (χ3n) is 6.99. The van der Waals surface area contributed by atoms with Crippen molar-refractivity contribution in [2.24, 2.45) is 0 Å². The fourth-order valence-electron chi connectivity index (χ4n) is 4.65. The Balaban J connectivity index is 1.27. The molecule has 4 heterocycles. The molecule has 12 heteroatoms. The first kappa shape index (κ1) is 29.0. The number of nitrogens with one attached hydrogen (secondary N) is 1. The fourth-order valence-corrected chi connectivity index (χ4v) is 4.65. The summed E-state index contributed by atoms with van der Waals surface area (Å²) in [4.78, 5) is 27.4. The van der Waals surface area contributed by atoms with E-state index in [1.807, 2.05) is 43.1 Å². The second-order valence-corrected chi connectivity index (χ2v) is 10.5. The molecule has 1 amide bonds. The van der Waals surface area contributed by atoms with E-state index in [1.165, 1.54) is 12.1 Å². The smallest absolute Gasteiger partial charge is 0.361 e. The Labute approximate surface area is 242 Å². The van der Waals surface area contributed by atoms with Gasteiger partial charge in [0, 0.05) is 64.3 Å². The van der Waals surface area contributed by atoms with Gasteiger partial charge in [-0.3, -0.25) is 14.7 Å². The van der Waals surface area contributed by atoms with Crippen LogP contribution in [0.5, 0.6) is 0 Å². The number of hydrogen-bond donors (Lipinski definition) is 1. The third-order valence-corrected chi connectivity index (χ3v) is 6.99. The lowest BCUT2D eigenvalue weighted by Crippen LogP contribution is -2.44. The van der Waals surface area contributed by atoms with Crippen LogP contribution in [-0.4, -0.2) is 82.6 Å². The van der Waals surface area contributed by atoms with Crippen LogP contribution in [0.25, 0.3) is 5.65 Å². The van der Waals surface area contributed by atoms with Crippen molar-refractivity contribution in [1.29, 1.82) is 0 Å². The number of carbonyl (C=O) groups excluding carboxylic acids is 1. The maximum absolute atomic E-state index is 13.9. The van der Waals surface area contributed by atoms with Crippen LogP contribution in [0.4, 0.5) is 24.7 Å². The largest absolute Gasteiger partial charge is 0.416 e. The summed E-state index contributed by atoms with van der Waals surface area (Å²) < 4.78 is 43.4. The number of nitrogens with zero attached hydrogens (tertiary/aromatic N) is 7. The first-order valence-corrected chi connectivity index (χ1v) is 13.4. The highest BCUT2D eigenvalue weighted by molar-refractivity contribution is 5.92. The quantitative estimate of drug-likeness (QED) is 0.352. The molecular formula is C30H31F3N8O. The summed E-state index contributed by atoms with van der Waals surface area (Å²) in [7, 11) is 5.78. The van der Waals surface area contributed by atoms with Gasteiger partial charge in [-0.05, 0) is 54.9 Å². The molecule has 0 unspecified atom stereocenters. The number of piperazine rings is 1. The number of rotatable bonds is 6. The molecule has 218 valence electrons. The lowest BCUT2D eigenvalue weighted by Gasteiger charge is -2.33. The van der Waals surface area contributed by atoms with Crippen molar-refractivity contribution < 1.29 is 18.0 Å². The molecule has 0 atom stereocenters. The molecule has 1 N–H and O–H groups in total. The van der Waals surface area contributed by atoms with Crippen LogP contribution in [0, 0.1) is 11.8 Å². The van der Waals surface area contributed by atoms with Crippen molar-refractivity contribution in [3.63, 3.8) is 0 Å². The van der Waals surface area contributed by atoms with Gasteiger partial charge in [0.1, 0.15) is 11.5 Å². The summed E-state index contributed by atoms with van der Waals surface area (Å²) in [5.41, 5.74) is 1.86. The number of benzene rings is 1. The van der Waals surface area contributed by atoms with Crippen molar-refractivity contribution in [3.05, 3.63) is 82.9 Å². The molecule has 0 spiro atoms. The maximum atomic E-state index is 13.9. The van der Waals surface area contributed by atoms with Crippen LogP contribution < -0.4 is 10.2 Å². The fraction of sp³-hybridized carbons (Fsp3) is 0.333. The van der Waals surface area contributed by atoms with Crippen molar-refractivity contribution in [1.82, 2.24) is 29.4 Å². The monoisotopic (exact) mass is 576 g/mol. The van der Waals surface area contributed by atoms with E-state index >= 15 is 0 Å². The number of pyridine rings is 1. The maximum Gasteiger partial charge on any atom is 0.416 e. The van der Waals surface area contributed by atoms with E-state index in [2.05, 4.69) is 37.1 Å². The second-order valence-electron chi connectivity index (χ2n) is 10.5. The van der Waals surface area contributed by atoms with Gasteiger partial charge in [-0.25, -0.2) is 9.50 Å². The zero-order chi connectivity index (χ0) is 29.9. The number of aromatic nitrogens is 4. The molecule has 0 aliphatic carbocycles. The van der Waals surface area contributed by atoms with E-state index in [0.717, 1.165) is 25.0 Å². The number of halogens is 3. The highest BCUT2D eigenvalue weighted by Gasteiger charge is 2.34. The average Bonchev–Trinajstić information content (AvgIpc) is 3.36. The van der Waals surface area contributed by atoms with Crippen LogP contribution in [0.3, 0.4) is 0 Å². The second kappa shape index (κ2) is 12.2. The molecule has 0 saturated carbocycles. The molecule has 42 heavy (non-hydrogen) atoms. The van der Waals surface area contributed by atoms with Crippen molar-refractivity contribution in [2.75, 3.05) is 57.5 Å². The Morgan fingerprint density at radius 1 is 1.02 bits per heavy atom. The number of anilines is 2. The van der Waals surface area contributed by atoms with Crippen LogP contribution in [0.2, 0.25) is 0 Å². The van der Waals surface area contributed by atoms with Gasteiger partial charge in [0.05, 0.1) is 23.9 Å². The van der Waals surface area contributed by atoms with Crippen molar-refractivity contribution in [3.8, 4) is 11.8 Å². The van der Waals surface area contributed by atoms with Gasteiger partial charge in [0.15, 0.2) is 5.65 Å². The van der Waals surface area contributed by atoms with Gasteiger partial charge >= 0.3 is 6.18 Å². The molecule has 1 aliphatic heterocycles. The topological polar surface area (TPSA) is 81.9 Å². The number of imidazole rings is 1. The summed E-state index contributed by atoms with van der Waals surface area (Å²) in [6.07, 6.45) is -1.49. The van der Waals surface area contributed by atoms with Crippen LogP contribution >= 0.6 is 0 Å². The molecule has 1 aliphatic rings. The standard InChI is InChI=1S/C30H31F3N8O/c1-38(2)28-9-8-27-35-19-25(41(27)37-28)7-4-21-10-11-34-24(16-21)18-29(42)36-23-6-5-22(26(17-23)30(31,32)33)20-40-14-12-39(3)13-15-40/h5-6,8-11,16-17,19H,12-15,18,20H2,1-3H3,(H,36,42). The molecule has 1 aromatic carbocycles. The molecule has 0 radical (unpaired) electrons. The normalized spacial score (nSPS) is 14.4. The van der Waals surface area contributed by atoms with Gasteiger partial charge in [-0.15, -0.1) is 5.10 Å². The predicted molar refractivity (Wildman–Crippen MR) is 154 cm³/mol. The van der Waals surface area contributed by atoms with E-state index in [-0.39, 0.29) is 24.2 Å². The molecule has 0 bridgehead atoms. The number of carbonyl (C=O) groups is 1. The van der Waals surface area contributed by atoms with Gasteiger partial charge in [-0.2, -0.15) is 13.2 Å². The SMILES string of the molecule is CN1CCN(Cc2ccc(NC(=O)Cc3cc(C#Cc4cnc5ccc(N(C)C)nn45)ccn3)cc2C(F)(F)F)CC1. The molecule has 1 fully saturated rings. The summed E-state index contributed by atoms with van der Waals surface area (Å²) in [6.45, 7) is 3.24. The van der Waals surface area contributed by atoms with Gasteiger partial charge in [0.2, 0.25) is 5.91 Å². The average molecular weight is 577 g/mol. The lowest BCUT2D eigenvalue weighted by atomic mass is 10.0. The highest BCUT2D eigenvalue weighted by atomic mass is 19.4. The summed E-state index contributed by atoms with van der Waals surface area (Å²) in [5.74, 6) is 6.39. The van der Waals surface area contributed by atoms with E-state index in [9.17, 15) is 18.0 Å². The first-order valence-electron chi connectivity index (χ1n) is 13.4. The third kappa shape index (κ3) is 7.05. The molecule has 3 aromatic heterocycles. The zero-order valence-corrected chi connectivity index (χ0v) is 23.6. The number of likely N-dealkylation sites (N-methyl/N-ethyl adjacent to an activating group) is 1. The molecule has 1 saturated heterocycles. The first-order chi connectivity index (χ1) is 20.0. The lowest BCUT2D eigenvalue weighted by molar-refractivity contribution is -0.138. The van der Waals surface area contributed by atoms with Crippen LogP contribution in [-0.2, 0) is 23.9 Å². The Morgan fingerprint density at radius 3 is 2.55 bits per heavy atom. The molecule has 5 rings (SSSR count). The van der Waals surface area contributed by atoms with E-state index < -0.39 is 17.6 Å². The Morgan fingerprint density at radius 2 is 1.81 bits per heavy atom. The zero-order valence-electron chi connectivity index (χ0n) is 23.6. The van der Waals surface area contributed by atoms with Gasteiger partial charge in [-0.1, -0.05) is 12.0 Å². The number of hydrogen-bond acceptors (Lipinski definition) is 7. The van der Waals surface area contributed by atoms with Crippen molar-refractivity contribution in [2.45, 2.75) is 19.1 Å². The number of alkyl halides is 3. The Kier molecular flexibility index (Phi) is 8.42. The molecule has 9 nitrogen and oxygen atoms in total. The number of amides is 1. The van der Waals surface area contributed by atoms with Crippen LogP contribution in [0.15, 0.2) is 54.9 Å². The molecule has 4 aromatic rings. The highest BCUT2D eigenvalue weighted by Crippen LogP contribution is 2.34. The Hall–Kier alpha value is -4.47. The van der Waals surface area contributed by atoms with Crippen molar-refractivity contribution >= 4 is 23.1 Å². The summed E-state index contributed by atoms with van der Waals surface area (Å²) in [5, 5.41) is 7.13. The van der Waals surface area contributed by atoms with E-state index in [0.29, 0.717) is 35.7 Å². The Bertz CT molecular complexity index is 1650. The summed E-state index contributed by atoms with van der Waals surface area (Å²) >= 11 is 0. The van der Waals surface area contributed by atoms with E-state index in [1.54, 1.807) is 29.0 Å². The minimum Gasteiger partial charge on any atom is -0.361 e. The van der Waals surface area contributed by atoms with Crippen LogP contribution in [0.1, 0.15) is 28.1 Å². The molecular weight excluding hydrogens is 545 g/mol. The van der Waals surface area contributed by atoms with Gasteiger partial charge < -0.3 is 15.1 Å². The van der Waals surface area contributed by atoms with Gasteiger partial charge in [0.25, 0.3) is 0 Å². The minimum atomic E-state index is -4.54. The number of fused-ring (bicyclic) bond motifs is 1. The van der Waals surface area contributed by atoms with E-state index in [4.69, 9.17) is 0 Å². The minimum absolute atomic E-state index is 0.0857. The summed E-state index contributed by atoms with van der Waals surface area (Å²) in [6, 6.07) is 11.1.